The third-order valence-electron chi connectivity index (χ3n) is 1.71. The van der Waals surface area contributed by atoms with Gasteiger partial charge in [-0.3, -0.25) is 9.19 Å². The van der Waals surface area contributed by atoms with Crippen LogP contribution < -0.4 is 0 Å². The highest BCUT2D eigenvalue weighted by Crippen LogP contribution is 2.13. The van der Waals surface area contributed by atoms with Crippen LogP contribution in [0.5, 0.6) is 0 Å². The number of pyridine rings is 1. The number of rotatable bonds is 2. The summed E-state index contributed by atoms with van der Waals surface area (Å²) in [7, 11) is 0. The second kappa shape index (κ2) is 3.87. The van der Waals surface area contributed by atoms with Gasteiger partial charge in [0.05, 0.1) is 23.2 Å². The van der Waals surface area contributed by atoms with E-state index < -0.39 is 17.1 Å². The van der Waals surface area contributed by atoms with E-state index in [1.54, 1.807) is 0 Å². The molecular weight excluding hydrogens is 221 g/mol. The molecule has 2 aromatic heterocycles. The summed E-state index contributed by atoms with van der Waals surface area (Å²) in [5, 5.41) is 3.73. The average molecular weight is 226 g/mol. The summed E-state index contributed by atoms with van der Waals surface area (Å²) in [5.41, 5.74) is 0.791. The van der Waals surface area contributed by atoms with Crippen LogP contribution in [0.1, 0.15) is 0 Å². The second-order valence-corrected chi connectivity index (χ2v) is 3.49. The van der Waals surface area contributed by atoms with E-state index in [9.17, 15) is 13.2 Å². The van der Waals surface area contributed by atoms with E-state index in [2.05, 4.69) is 10.1 Å². The Hall–Kier alpha value is -1.60. The van der Waals surface area contributed by atoms with Gasteiger partial charge in [-0.25, -0.2) is 4.39 Å². The van der Waals surface area contributed by atoms with Gasteiger partial charge < -0.3 is 4.55 Å². The predicted molar refractivity (Wildman–Crippen MR) is 49.7 cm³/mol. The highest BCUT2D eigenvalue weighted by Gasteiger charge is 2.03. The standard InChI is InChI=1S/C8H6FN3O2S/c9-6-1-2-7(10-5-6)8-3-4-12(11-8)15(13)14/h1-5H,(H,13,14)/p-1. The van der Waals surface area contributed by atoms with Crippen molar-refractivity contribution in [1.82, 2.24) is 14.2 Å². The van der Waals surface area contributed by atoms with Crippen molar-refractivity contribution in [3.8, 4) is 11.4 Å². The molecule has 2 rings (SSSR count). The average Bonchev–Trinajstić information content (AvgIpc) is 2.68. The minimum atomic E-state index is -2.43. The summed E-state index contributed by atoms with van der Waals surface area (Å²) >= 11 is -2.43. The van der Waals surface area contributed by atoms with Gasteiger partial charge >= 0.3 is 0 Å². The van der Waals surface area contributed by atoms with Crippen molar-refractivity contribution in [1.29, 1.82) is 0 Å². The van der Waals surface area contributed by atoms with Crippen LogP contribution in [-0.2, 0) is 11.3 Å². The number of halogens is 1. The summed E-state index contributed by atoms with van der Waals surface area (Å²) in [6.07, 6.45) is 2.33. The summed E-state index contributed by atoms with van der Waals surface area (Å²) in [6.45, 7) is 0. The maximum absolute atomic E-state index is 12.5. The fourth-order valence-corrected chi connectivity index (χ4v) is 1.37. The molecule has 0 saturated heterocycles. The molecule has 0 amide bonds. The molecule has 0 aromatic carbocycles. The molecule has 0 bridgehead atoms. The topological polar surface area (TPSA) is 70.8 Å². The molecule has 5 nitrogen and oxygen atoms in total. The Bertz CT molecular complexity index is 497. The molecule has 1 atom stereocenters. The molecule has 78 valence electrons. The molecule has 15 heavy (non-hydrogen) atoms. The first-order chi connectivity index (χ1) is 7.16. The van der Waals surface area contributed by atoms with Crippen molar-refractivity contribution in [3.05, 3.63) is 36.4 Å². The van der Waals surface area contributed by atoms with Crippen molar-refractivity contribution >= 4 is 11.3 Å². The van der Waals surface area contributed by atoms with Crippen LogP contribution in [0.15, 0.2) is 30.6 Å². The minimum absolute atomic E-state index is 0.374. The predicted octanol–water partition coefficient (Wildman–Crippen LogP) is 0.726. The Balaban J connectivity index is 2.37. The number of hydrogen-bond donors (Lipinski definition) is 0. The molecule has 0 saturated carbocycles. The van der Waals surface area contributed by atoms with Crippen molar-refractivity contribution < 1.29 is 13.2 Å². The zero-order valence-electron chi connectivity index (χ0n) is 7.33. The maximum atomic E-state index is 12.5. The lowest BCUT2D eigenvalue weighted by molar-refractivity contribution is 0.521. The van der Waals surface area contributed by atoms with E-state index in [-0.39, 0.29) is 0 Å². The molecule has 2 aromatic rings. The van der Waals surface area contributed by atoms with Crippen LogP contribution >= 0.6 is 0 Å². The molecule has 1 unspecified atom stereocenters. The number of aromatic nitrogens is 3. The molecule has 7 heteroatoms. The zero-order valence-corrected chi connectivity index (χ0v) is 8.15. The summed E-state index contributed by atoms with van der Waals surface area (Å²) < 4.78 is 34.4. The first-order valence-electron chi connectivity index (χ1n) is 3.94. The van der Waals surface area contributed by atoms with Crippen molar-refractivity contribution in [3.63, 3.8) is 0 Å². The molecule has 0 radical (unpaired) electrons. The molecule has 0 fully saturated rings. The monoisotopic (exact) mass is 226 g/mol. The molecule has 0 spiro atoms. The van der Waals surface area contributed by atoms with E-state index in [0.717, 1.165) is 10.3 Å². The second-order valence-electron chi connectivity index (χ2n) is 2.68. The largest absolute Gasteiger partial charge is 0.754 e. The minimum Gasteiger partial charge on any atom is -0.754 e. The highest BCUT2D eigenvalue weighted by atomic mass is 32.2. The van der Waals surface area contributed by atoms with Gasteiger partial charge in [-0.15, -0.1) is 0 Å². The Morgan fingerprint density at radius 2 is 2.13 bits per heavy atom. The summed E-state index contributed by atoms with van der Waals surface area (Å²) in [5.74, 6) is -0.453. The molecule has 0 aliphatic heterocycles. The fraction of sp³-hybridized carbons (Fsp3) is 0. The van der Waals surface area contributed by atoms with Crippen LogP contribution in [0.3, 0.4) is 0 Å². The van der Waals surface area contributed by atoms with Crippen LogP contribution in [0.4, 0.5) is 4.39 Å². The maximum Gasteiger partial charge on any atom is 0.141 e. The van der Waals surface area contributed by atoms with E-state index in [4.69, 9.17) is 0 Å². The van der Waals surface area contributed by atoms with Crippen molar-refractivity contribution in [2.45, 2.75) is 0 Å². The highest BCUT2D eigenvalue weighted by molar-refractivity contribution is 7.77. The van der Waals surface area contributed by atoms with Gasteiger partial charge in [0.25, 0.3) is 0 Å². The van der Waals surface area contributed by atoms with Gasteiger partial charge in [0.15, 0.2) is 0 Å². The van der Waals surface area contributed by atoms with Crippen LogP contribution in [-0.4, -0.2) is 22.9 Å². The molecule has 0 aliphatic rings. The fourth-order valence-electron chi connectivity index (χ4n) is 1.05. The third-order valence-corrected chi connectivity index (χ3v) is 2.22. The molecule has 2 heterocycles. The van der Waals surface area contributed by atoms with E-state index >= 15 is 0 Å². The lowest BCUT2D eigenvalue weighted by Crippen LogP contribution is -2.03. The Labute approximate surface area is 87.0 Å². The molecule has 0 aliphatic carbocycles. The summed E-state index contributed by atoms with van der Waals surface area (Å²) in [6, 6.07) is 4.14. The number of nitrogens with zero attached hydrogens (tertiary/aromatic N) is 3. The van der Waals surface area contributed by atoms with Gasteiger partial charge in [0.1, 0.15) is 11.5 Å². The van der Waals surface area contributed by atoms with Crippen molar-refractivity contribution in [2.75, 3.05) is 0 Å². The van der Waals surface area contributed by atoms with E-state index in [1.165, 1.54) is 24.4 Å². The van der Waals surface area contributed by atoms with Crippen LogP contribution in [0, 0.1) is 5.82 Å². The Morgan fingerprint density at radius 3 is 2.67 bits per heavy atom. The smallest absolute Gasteiger partial charge is 0.141 e. The van der Waals surface area contributed by atoms with E-state index in [1.807, 2.05) is 0 Å². The summed E-state index contributed by atoms with van der Waals surface area (Å²) in [4.78, 5) is 3.77. The lowest BCUT2D eigenvalue weighted by atomic mass is 10.3. The van der Waals surface area contributed by atoms with Gasteiger partial charge in [0.2, 0.25) is 0 Å². The third kappa shape index (κ3) is 2.08. The van der Waals surface area contributed by atoms with Crippen LogP contribution in [0.25, 0.3) is 11.4 Å². The first-order valence-corrected chi connectivity index (χ1v) is 4.97. The number of hydrogen-bond acceptors (Lipinski definition) is 4. The van der Waals surface area contributed by atoms with Gasteiger partial charge in [0, 0.05) is 6.20 Å². The molecule has 0 N–H and O–H groups in total. The quantitative estimate of drug-likeness (QED) is 0.707. The SMILES string of the molecule is O=S([O-])n1ccc(-c2ccc(F)cn2)n1. The van der Waals surface area contributed by atoms with Gasteiger partial charge in [-0.1, -0.05) is 0 Å². The first kappa shape index (κ1) is 9.94. The van der Waals surface area contributed by atoms with Crippen molar-refractivity contribution in [2.24, 2.45) is 0 Å². The van der Waals surface area contributed by atoms with Gasteiger partial charge in [-0.05, 0) is 18.2 Å². The van der Waals surface area contributed by atoms with E-state index in [0.29, 0.717) is 11.4 Å². The Kier molecular flexibility index (Phi) is 2.57. The van der Waals surface area contributed by atoms with Gasteiger partial charge in [-0.2, -0.15) is 9.19 Å². The Morgan fingerprint density at radius 1 is 1.33 bits per heavy atom. The normalized spacial score (nSPS) is 12.7. The zero-order chi connectivity index (χ0) is 10.8. The lowest BCUT2D eigenvalue weighted by Gasteiger charge is -2.02. The van der Waals surface area contributed by atoms with Crippen LogP contribution in [0.2, 0.25) is 0 Å². The molecular formula is C8H5FN3O2S-.